The first-order valence-electron chi connectivity index (χ1n) is 3.96. The Kier molecular flexibility index (Phi) is 6.00. The normalized spacial score (nSPS) is 13.2. The zero-order chi connectivity index (χ0) is 9.40. The zero-order valence-corrected chi connectivity index (χ0v) is 7.50. The van der Waals surface area contributed by atoms with Crippen LogP contribution in [0, 0.1) is 0 Å². The standard InChI is InChI=1S/C7H16N4O/c1-3-4-6(9-2)5-10-11-7(8)12/h5-6,9H,3-4H2,1-2H3,(H3,8,11,12)/b10-5-. The maximum absolute atomic E-state index is 10.2. The van der Waals surface area contributed by atoms with Gasteiger partial charge in [-0.2, -0.15) is 5.10 Å². The van der Waals surface area contributed by atoms with E-state index in [4.69, 9.17) is 5.73 Å². The fourth-order valence-corrected chi connectivity index (χ4v) is 0.795. The lowest BCUT2D eigenvalue weighted by atomic mass is 10.2. The summed E-state index contributed by atoms with van der Waals surface area (Å²) >= 11 is 0. The van der Waals surface area contributed by atoms with Gasteiger partial charge in [0, 0.05) is 12.3 Å². The van der Waals surface area contributed by atoms with E-state index >= 15 is 0 Å². The van der Waals surface area contributed by atoms with Crippen molar-refractivity contribution in [1.29, 1.82) is 0 Å². The van der Waals surface area contributed by atoms with Crippen molar-refractivity contribution in [3.63, 3.8) is 0 Å². The van der Waals surface area contributed by atoms with Gasteiger partial charge >= 0.3 is 6.03 Å². The topological polar surface area (TPSA) is 79.5 Å². The molecule has 0 aliphatic rings. The first-order chi connectivity index (χ1) is 5.70. The SMILES string of the molecule is CCCC(/C=N\NC(N)=O)NC. The van der Waals surface area contributed by atoms with Crippen LogP contribution in [0.3, 0.4) is 0 Å². The molecule has 0 rings (SSSR count). The second-order valence-corrected chi connectivity index (χ2v) is 2.44. The highest BCUT2D eigenvalue weighted by molar-refractivity contribution is 5.73. The maximum Gasteiger partial charge on any atom is 0.332 e. The van der Waals surface area contributed by atoms with E-state index in [2.05, 4.69) is 22.8 Å². The molecule has 1 atom stereocenters. The molecule has 1 unspecified atom stereocenters. The quantitative estimate of drug-likeness (QED) is 0.404. The summed E-state index contributed by atoms with van der Waals surface area (Å²) in [6.07, 6.45) is 3.68. The Balaban J connectivity index is 3.68. The number of urea groups is 1. The molecule has 0 aromatic carbocycles. The highest BCUT2D eigenvalue weighted by atomic mass is 16.2. The van der Waals surface area contributed by atoms with Gasteiger partial charge in [-0.15, -0.1) is 0 Å². The average molecular weight is 172 g/mol. The Hall–Kier alpha value is -1.10. The Bertz CT molecular complexity index is 157. The van der Waals surface area contributed by atoms with Crippen molar-refractivity contribution in [1.82, 2.24) is 10.7 Å². The predicted molar refractivity (Wildman–Crippen MR) is 49.0 cm³/mol. The van der Waals surface area contributed by atoms with E-state index < -0.39 is 6.03 Å². The van der Waals surface area contributed by atoms with Crippen LogP contribution in [0.25, 0.3) is 0 Å². The largest absolute Gasteiger partial charge is 0.350 e. The second kappa shape index (κ2) is 6.60. The molecule has 5 heteroatoms. The number of hydrazone groups is 1. The number of rotatable bonds is 5. The lowest BCUT2D eigenvalue weighted by molar-refractivity contribution is 0.249. The van der Waals surface area contributed by atoms with E-state index in [1.165, 1.54) is 0 Å². The van der Waals surface area contributed by atoms with Crippen LogP contribution in [0.1, 0.15) is 19.8 Å². The molecule has 2 amide bonds. The highest BCUT2D eigenvalue weighted by Crippen LogP contribution is 1.91. The monoisotopic (exact) mass is 172 g/mol. The lowest BCUT2D eigenvalue weighted by Crippen LogP contribution is -2.30. The summed E-state index contributed by atoms with van der Waals surface area (Å²) in [6, 6.07) is -0.445. The van der Waals surface area contributed by atoms with Crippen LogP contribution < -0.4 is 16.5 Å². The fraction of sp³-hybridized carbons (Fsp3) is 0.714. The lowest BCUT2D eigenvalue weighted by Gasteiger charge is -2.07. The zero-order valence-electron chi connectivity index (χ0n) is 7.50. The van der Waals surface area contributed by atoms with Gasteiger partial charge in [0.25, 0.3) is 0 Å². The van der Waals surface area contributed by atoms with E-state index in [-0.39, 0.29) is 6.04 Å². The van der Waals surface area contributed by atoms with Crippen LogP contribution in [0.5, 0.6) is 0 Å². The first-order valence-corrected chi connectivity index (χ1v) is 3.96. The minimum atomic E-state index is -0.641. The summed E-state index contributed by atoms with van der Waals surface area (Å²) in [5.74, 6) is 0. The van der Waals surface area contributed by atoms with Crippen LogP contribution in [0.2, 0.25) is 0 Å². The van der Waals surface area contributed by atoms with Crippen molar-refractivity contribution >= 4 is 12.2 Å². The highest BCUT2D eigenvalue weighted by Gasteiger charge is 1.98. The number of nitrogens with zero attached hydrogens (tertiary/aromatic N) is 1. The molecule has 0 aliphatic carbocycles. The van der Waals surface area contributed by atoms with Gasteiger partial charge in [-0.3, -0.25) is 0 Å². The van der Waals surface area contributed by atoms with Gasteiger partial charge in [-0.05, 0) is 13.5 Å². The predicted octanol–water partition coefficient (Wildman–Crippen LogP) is 0.0286. The number of carbonyl (C=O) groups is 1. The summed E-state index contributed by atoms with van der Waals surface area (Å²) in [6.45, 7) is 2.08. The molecule has 5 nitrogen and oxygen atoms in total. The Morgan fingerprint density at radius 2 is 2.42 bits per heavy atom. The van der Waals surface area contributed by atoms with Gasteiger partial charge in [0.15, 0.2) is 0 Å². The minimum absolute atomic E-state index is 0.196. The van der Waals surface area contributed by atoms with E-state index in [1.807, 2.05) is 7.05 Å². The van der Waals surface area contributed by atoms with E-state index in [9.17, 15) is 4.79 Å². The molecule has 0 aliphatic heterocycles. The van der Waals surface area contributed by atoms with Crippen molar-refractivity contribution < 1.29 is 4.79 Å². The Morgan fingerprint density at radius 1 is 1.75 bits per heavy atom. The molecule has 0 aromatic heterocycles. The summed E-state index contributed by atoms with van der Waals surface area (Å²) in [5, 5.41) is 6.68. The van der Waals surface area contributed by atoms with Crippen molar-refractivity contribution in [2.24, 2.45) is 10.8 Å². The smallest absolute Gasteiger partial charge is 0.332 e. The third-order valence-corrected chi connectivity index (χ3v) is 1.40. The fourth-order valence-electron chi connectivity index (χ4n) is 0.795. The third-order valence-electron chi connectivity index (χ3n) is 1.40. The molecule has 0 saturated heterocycles. The van der Waals surface area contributed by atoms with Gasteiger partial charge in [0.05, 0.1) is 0 Å². The van der Waals surface area contributed by atoms with Crippen LogP contribution >= 0.6 is 0 Å². The maximum atomic E-state index is 10.2. The Labute approximate surface area is 72.4 Å². The molecule has 12 heavy (non-hydrogen) atoms. The van der Waals surface area contributed by atoms with Gasteiger partial charge in [0.1, 0.15) is 0 Å². The van der Waals surface area contributed by atoms with E-state index in [0.29, 0.717) is 0 Å². The molecule has 0 aromatic rings. The number of carbonyl (C=O) groups excluding carboxylic acids is 1. The molecule has 4 N–H and O–H groups in total. The van der Waals surface area contributed by atoms with Crippen molar-refractivity contribution in [2.45, 2.75) is 25.8 Å². The van der Waals surface area contributed by atoms with Crippen molar-refractivity contribution in [3.8, 4) is 0 Å². The number of primary amides is 1. The molecule has 0 radical (unpaired) electrons. The third kappa shape index (κ3) is 5.67. The Morgan fingerprint density at radius 3 is 2.83 bits per heavy atom. The van der Waals surface area contributed by atoms with Gasteiger partial charge in [0.2, 0.25) is 0 Å². The molecule has 0 spiro atoms. The molecule has 0 fully saturated rings. The van der Waals surface area contributed by atoms with Crippen LogP contribution in [0.4, 0.5) is 4.79 Å². The average Bonchev–Trinajstić information content (AvgIpc) is 2.02. The van der Waals surface area contributed by atoms with Crippen molar-refractivity contribution in [2.75, 3.05) is 7.05 Å². The molecular weight excluding hydrogens is 156 g/mol. The summed E-state index contributed by atoms with van der Waals surface area (Å²) in [7, 11) is 1.84. The summed E-state index contributed by atoms with van der Waals surface area (Å²) in [5.41, 5.74) is 6.95. The van der Waals surface area contributed by atoms with Gasteiger partial charge < -0.3 is 11.1 Å². The molecule has 0 heterocycles. The number of amides is 2. The minimum Gasteiger partial charge on any atom is -0.350 e. The summed E-state index contributed by atoms with van der Waals surface area (Å²) in [4.78, 5) is 10.2. The molecule has 70 valence electrons. The summed E-state index contributed by atoms with van der Waals surface area (Å²) < 4.78 is 0. The van der Waals surface area contributed by atoms with Gasteiger partial charge in [-0.1, -0.05) is 13.3 Å². The molecular formula is C7H16N4O. The van der Waals surface area contributed by atoms with Gasteiger partial charge in [-0.25, -0.2) is 10.2 Å². The molecule has 0 bridgehead atoms. The first kappa shape index (κ1) is 10.9. The van der Waals surface area contributed by atoms with Crippen LogP contribution in [-0.4, -0.2) is 25.3 Å². The van der Waals surface area contributed by atoms with Crippen LogP contribution in [-0.2, 0) is 0 Å². The van der Waals surface area contributed by atoms with Crippen LogP contribution in [0.15, 0.2) is 5.10 Å². The number of nitrogens with one attached hydrogen (secondary N) is 2. The van der Waals surface area contributed by atoms with Crippen molar-refractivity contribution in [3.05, 3.63) is 0 Å². The number of hydrogen-bond donors (Lipinski definition) is 3. The number of nitrogens with two attached hydrogens (primary N) is 1. The van der Waals surface area contributed by atoms with E-state index in [0.717, 1.165) is 12.8 Å². The second-order valence-electron chi connectivity index (χ2n) is 2.44. The van der Waals surface area contributed by atoms with E-state index in [1.54, 1.807) is 6.21 Å². The molecule has 0 saturated carbocycles. The number of hydrogen-bond acceptors (Lipinski definition) is 3.